The van der Waals surface area contributed by atoms with Gasteiger partial charge >= 0.3 is 0 Å². The van der Waals surface area contributed by atoms with Crippen molar-refractivity contribution in [1.29, 1.82) is 0 Å². The molecule has 0 saturated heterocycles. The van der Waals surface area contributed by atoms with Gasteiger partial charge in [0.25, 0.3) is 5.91 Å². The highest BCUT2D eigenvalue weighted by Crippen LogP contribution is 2.17. The van der Waals surface area contributed by atoms with E-state index in [1.165, 1.54) is 23.5 Å². The molecular weight excluding hydrogens is 320 g/mol. The summed E-state index contributed by atoms with van der Waals surface area (Å²) in [6, 6.07) is 3.54. The number of nitrogens with zero attached hydrogens (tertiary/aromatic N) is 3. The van der Waals surface area contributed by atoms with E-state index >= 15 is 0 Å². The molecule has 0 atom stereocenters. The molecule has 0 aliphatic heterocycles. The van der Waals surface area contributed by atoms with Crippen LogP contribution in [-0.4, -0.2) is 32.6 Å². The third-order valence-electron chi connectivity index (χ3n) is 4.22. The van der Waals surface area contributed by atoms with Gasteiger partial charge in [-0.3, -0.25) is 14.3 Å². The molecule has 1 aliphatic carbocycles. The smallest absolute Gasteiger partial charge is 0.258 e. The Hall–Kier alpha value is -2.90. The third kappa shape index (κ3) is 4.79. The lowest BCUT2D eigenvalue weighted by atomic mass is 9.95. The van der Waals surface area contributed by atoms with Gasteiger partial charge in [0, 0.05) is 12.2 Å². The van der Waals surface area contributed by atoms with Crippen molar-refractivity contribution in [2.75, 3.05) is 11.1 Å². The first-order valence-corrected chi connectivity index (χ1v) is 8.45. The number of nitrogens with one attached hydrogen (secondary N) is 2. The number of anilines is 2. The maximum Gasteiger partial charge on any atom is 0.258 e. The lowest BCUT2D eigenvalue weighted by Crippen LogP contribution is -2.38. The molecule has 2 aromatic heterocycles. The summed E-state index contributed by atoms with van der Waals surface area (Å²) in [5.74, 6) is -0.00926. The maximum absolute atomic E-state index is 12.2. The lowest BCUT2D eigenvalue weighted by molar-refractivity contribution is -0.122. The van der Waals surface area contributed by atoms with Crippen LogP contribution in [0.4, 0.5) is 11.5 Å². The molecule has 0 spiro atoms. The first-order chi connectivity index (χ1) is 12.1. The van der Waals surface area contributed by atoms with E-state index in [9.17, 15) is 9.59 Å². The minimum atomic E-state index is -0.314. The largest absolute Gasteiger partial charge is 0.384 e. The molecule has 1 fully saturated rings. The normalized spacial score (nSPS) is 14.9. The van der Waals surface area contributed by atoms with Crippen molar-refractivity contribution in [3.8, 4) is 0 Å². The molecule has 0 radical (unpaired) electrons. The Kier molecular flexibility index (Phi) is 5.27. The Balaban J connectivity index is 1.53. The Morgan fingerprint density at radius 1 is 1.20 bits per heavy atom. The van der Waals surface area contributed by atoms with Crippen molar-refractivity contribution in [1.82, 2.24) is 20.1 Å². The summed E-state index contributed by atoms with van der Waals surface area (Å²) < 4.78 is 1.47. The number of amides is 2. The summed E-state index contributed by atoms with van der Waals surface area (Å²) in [6.45, 7) is 0.104. The molecule has 0 aromatic carbocycles. The van der Waals surface area contributed by atoms with Gasteiger partial charge in [-0.15, -0.1) is 0 Å². The Morgan fingerprint density at radius 3 is 2.72 bits per heavy atom. The number of aromatic nitrogens is 3. The molecule has 8 nitrogen and oxygen atoms in total. The summed E-state index contributed by atoms with van der Waals surface area (Å²) in [6.07, 6.45) is 10.1. The zero-order chi connectivity index (χ0) is 17.6. The van der Waals surface area contributed by atoms with Crippen molar-refractivity contribution in [2.24, 2.45) is 0 Å². The van der Waals surface area contributed by atoms with Crippen LogP contribution in [0.5, 0.6) is 0 Å². The van der Waals surface area contributed by atoms with E-state index in [2.05, 4.69) is 20.7 Å². The molecule has 3 rings (SSSR count). The Labute approximate surface area is 145 Å². The molecule has 8 heteroatoms. The molecule has 132 valence electrons. The number of rotatable bonds is 5. The van der Waals surface area contributed by atoms with Crippen LogP contribution in [0.3, 0.4) is 0 Å². The number of hydrogen-bond acceptors (Lipinski definition) is 5. The van der Waals surface area contributed by atoms with Crippen LogP contribution in [0.2, 0.25) is 0 Å². The SMILES string of the molecule is Nc1ccc(NC(=O)c2cnn(CC(=O)NC3CCCCC3)c2)cn1. The van der Waals surface area contributed by atoms with Gasteiger partial charge in [0.1, 0.15) is 12.4 Å². The third-order valence-corrected chi connectivity index (χ3v) is 4.22. The predicted octanol–water partition coefficient (Wildman–Crippen LogP) is 1.56. The monoisotopic (exact) mass is 342 g/mol. The molecule has 2 heterocycles. The molecule has 0 unspecified atom stereocenters. The zero-order valence-electron chi connectivity index (χ0n) is 13.9. The molecule has 1 aliphatic rings. The van der Waals surface area contributed by atoms with Crippen molar-refractivity contribution >= 4 is 23.3 Å². The van der Waals surface area contributed by atoms with Crippen LogP contribution in [0.1, 0.15) is 42.5 Å². The molecule has 25 heavy (non-hydrogen) atoms. The molecule has 4 N–H and O–H groups in total. The quantitative estimate of drug-likeness (QED) is 0.763. The summed E-state index contributed by atoms with van der Waals surface area (Å²) >= 11 is 0. The Morgan fingerprint density at radius 2 is 2.00 bits per heavy atom. The van der Waals surface area contributed by atoms with Crippen molar-refractivity contribution in [3.05, 3.63) is 36.3 Å². The van der Waals surface area contributed by atoms with E-state index in [4.69, 9.17) is 5.73 Å². The van der Waals surface area contributed by atoms with Crippen LogP contribution >= 0.6 is 0 Å². The summed E-state index contributed by atoms with van der Waals surface area (Å²) in [4.78, 5) is 28.2. The van der Waals surface area contributed by atoms with Gasteiger partial charge < -0.3 is 16.4 Å². The summed E-state index contributed by atoms with van der Waals surface area (Å²) in [7, 11) is 0. The van der Waals surface area contributed by atoms with Gasteiger partial charge in [0.05, 0.1) is 23.6 Å². The van der Waals surface area contributed by atoms with Gasteiger partial charge in [0.2, 0.25) is 5.91 Å². The van der Waals surface area contributed by atoms with E-state index in [0.29, 0.717) is 17.1 Å². The van der Waals surface area contributed by atoms with Crippen molar-refractivity contribution < 1.29 is 9.59 Å². The van der Waals surface area contributed by atoms with Gasteiger partial charge in [-0.1, -0.05) is 19.3 Å². The van der Waals surface area contributed by atoms with E-state index < -0.39 is 0 Å². The van der Waals surface area contributed by atoms with Gasteiger partial charge in [-0.2, -0.15) is 5.10 Å². The topological polar surface area (TPSA) is 115 Å². The summed E-state index contributed by atoms with van der Waals surface area (Å²) in [5.41, 5.74) is 6.43. The second-order valence-corrected chi connectivity index (χ2v) is 6.25. The second-order valence-electron chi connectivity index (χ2n) is 6.25. The maximum atomic E-state index is 12.2. The van der Waals surface area contributed by atoms with Crippen LogP contribution < -0.4 is 16.4 Å². The predicted molar refractivity (Wildman–Crippen MR) is 93.8 cm³/mol. The first kappa shape index (κ1) is 16.9. The standard InChI is InChI=1S/C17H22N6O2/c18-15-7-6-14(9-19-15)22-17(25)12-8-20-23(10-12)11-16(24)21-13-4-2-1-3-5-13/h6-10,13H,1-5,11H2,(H2,18,19)(H,21,24)(H,22,25). The van der Waals surface area contributed by atoms with Crippen LogP contribution in [0, 0.1) is 0 Å². The summed E-state index contributed by atoms with van der Waals surface area (Å²) in [5, 5.41) is 9.82. The number of carbonyl (C=O) groups excluding carboxylic acids is 2. The minimum absolute atomic E-state index is 0.0790. The van der Waals surface area contributed by atoms with E-state index in [-0.39, 0.29) is 24.4 Å². The highest BCUT2D eigenvalue weighted by atomic mass is 16.2. The average Bonchev–Trinajstić information content (AvgIpc) is 3.06. The average molecular weight is 342 g/mol. The van der Waals surface area contributed by atoms with Crippen molar-refractivity contribution in [3.63, 3.8) is 0 Å². The number of carbonyl (C=O) groups is 2. The minimum Gasteiger partial charge on any atom is -0.384 e. The van der Waals surface area contributed by atoms with E-state index in [1.807, 2.05) is 0 Å². The van der Waals surface area contributed by atoms with Crippen LogP contribution in [0.15, 0.2) is 30.7 Å². The zero-order valence-corrected chi connectivity index (χ0v) is 13.9. The van der Waals surface area contributed by atoms with Gasteiger partial charge in [-0.25, -0.2) is 4.98 Å². The number of nitrogens with two attached hydrogens (primary N) is 1. The molecular formula is C17H22N6O2. The first-order valence-electron chi connectivity index (χ1n) is 8.45. The van der Waals surface area contributed by atoms with E-state index in [0.717, 1.165) is 25.7 Å². The number of hydrogen-bond donors (Lipinski definition) is 3. The molecule has 2 amide bonds. The fourth-order valence-electron chi connectivity index (χ4n) is 2.92. The highest BCUT2D eigenvalue weighted by molar-refractivity contribution is 6.03. The van der Waals surface area contributed by atoms with Gasteiger partial charge in [0.15, 0.2) is 0 Å². The Bertz CT molecular complexity index is 734. The number of nitrogen functional groups attached to an aromatic ring is 1. The second kappa shape index (κ2) is 7.78. The van der Waals surface area contributed by atoms with E-state index in [1.54, 1.807) is 18.3 Å². The van der Waals surface area contributed by atoms with Crippen molar-refractivity contribution in [2.45, 2.75) is 44.7 Å². The molecule has 2 aromatic rings. The van der Waals surface area contributed by atoms with Crippen LogP contribution in [0.25, 0.3) is 0 Å². The molecule has 0 bridgehead atoms. The highest BCUT2D eigenvalue weighted by Gasteiger charge is 2.16. The fourth-order valence-corrected chi connectivity index (χ4v) is 2.92. The fraction of sp³-hybridized carbons (Fsp3) is 0.412. The lowest BCUT2D eigenvalue weighted by Gasteiger charge is -2.22. The van der Waals surface area contributed by atoms with Crippen LogP contribution in [-0.2, 0) is 11.3 Å². The van der Waals surface area contributed by atoms with Gasteiger partial charge in [-0.05, 0) is 25.0 Å². The number of pyridine rings is 1. The molecule has 1 saturated carbocycles.